The molecular weight excluding hydrogens is 172 g/mol. The maximum atomic E-state index is 11.5. The first-order valence-electron chi connectivity index (χ1n) is 3.74. The molecule has 0 aliphatic carbocycles. The van der Waals surface area contributed by atoms with E-state index in [0.717, 1.165) is 0 Å². The van der Waals surface area contributed by atoms with E-state index in [1.54, 1.807) is 30.8 Å². The van der Waals surface area contributed by atoms with Crippen molar-refractivity contribution in [1.82, 2.24) is 4.98 Å². The Kier molecular flexibility index (Phi) is 2.81. The fourth-order valence-electron chi connectivity index (χ4n) is 0.695. The average Bonchev–Trinajstić information content (AvgIpc) is 2.06. The second-order valence-electron chi connectivity index (χ2n) is 2.55. The van der Waals surface area contributed by atoms with E-state index >= 15 is 0 Å². The molecule has 66 valence electrons. The molecule has 1 atom stereocenters. The van der Waals surface area contributed by atoms with E-state index in [1.165, 1.54) is 0 Å². The number of nitrogens with zero attached hydrogens (tertiary/aromatic N) is 2. The van der Waals surface area contributed by atoms with E-state index in [4.69, 9.17) is 0 Å². The first-order valence-corrected chi connectivity index (χ1v) is 5.83. The summed E-state index contributed by atoms with van der Waals surface area (Å²) in [6.07, 6.45) is 4.93. The summed E-state index contributed by atoms with van der Waals surface area (Å²) in [5.41, 5.74) is 0.687. The molecule has 0 spiro atoms. The van der Waals surface area contributed by atoms with Crippen LogP contribution in [-0.4, -0.2) is 21.2 Å². The van der Waals surface area contributed by atoms with Crippen LogP contribution >= 0.6 is 0 Å². The lowest BCUT2D eigenvalue weighted by molar-refractivity contribution is 0.681. The Labute approximate surface area is 73.0 Å². The van der Waals surface area contributed by atoms with Gasteiger partial charge in [0, 0.05) is 27.9 Å². The minimum atomic E-state index is -2.04. The van der Waals surface area contributed by atoms with Crippen molar-refractivity contribution in [2.45, 2.75) is 6.92 Å². The van der Waals surface area contributed by atoms with Gasteiger partial charge in [-0.25, -0.2) is 4.21 Å². The van der Waals surface area contributed by atoms with Crippen molar-refractivity contribution >= 4 is 15.4 Å². The Morgan fingerprint density at radius 2 is 2.42 bits per heavy atom. The summed E-state index contributed by atoms with van der Waals surface area (Å²) in [6, 6.07) is 3.58. The van der Waals surface area contributed by atoms with Crippen LogP contribution in [0, 0.1) is 0 Å². The van der Waals surface area contributed by atoms with Gasteiger partial charge in [-0.3, -0.25) is 4.98 Å². The van der Waals surface area contributed by atoms with Gasteiger partial charge < -0.3 is 0 Å². The molecule has 0 unspecified atom stereocenters. The smallest absolute Gasteiger partial charge is 0.0913 e. The minimum Gasteiger partial charge on any atom is -0.262 e. The lowest BCUT2D eigenvalue weighted by Gasteiger charge is -1.98. The SMILES string of the molecule is CC[S@@](C)(=O)=Nc1cccnc1. The van der Waals surface area contributed by atoms with Gasteiger partial charge in [-0.1, -0.05) is 6.92 Å². The largest absolute Gasteiger partial charge is 0.262 e. The summed E-state index contributed by atoms with van der Waals surface area (Å²) in [5, 5.41) is 0. The highest BCUT2D eigenvalue weighted by atomic mass is 32.2. The predicted molar refractivity (Wildman–Crippen MR) is 50.9 cm³/mol. The van der Waals surface area contributed by atoms with Crippen LogP contribution in [0.15, 0.2) is 28.9 Å². The van der Waals surface area contributed by atoms with E-state index in [0.29, 0.717) is 11.4 Å². The molecule has 0 amide bonds. The van der Waals surface area contributed by atoms with Crippen molar-refractivity contribution in [1.29, 1.82) is 0 Å². The van der Waals surface area contributed by atoms with Crippen molar-refractivity contribution in [2.24, 2.45) is 4.36 Å². The fourth-order valence-corrected chi connectivity index (χ4v) is 1.38. The highest BCUT2D eigenvalue weighted by Crippen LogP contribution is 2.10. The number of hydrogen-bond donors (Lipinski definition) is 0. The zero-order valence-corrected chi connectivity index (χ0v) is 8.04. The molecule has 0 saturated heterocycles. The van der Waals surface area contributed by atoms with Crippen LogP contribution < -0.4 is 0 Å². The lowest BCUT2D eigenvalue weighted by Crippen LogP contribution is -1.97. The lowest BCUT2D eigenvalue weighted by atomic mass is 10.4. The van der Waals surface area contributed by atoms with Gasteiger partial charge in [-0.05, 0) is 12.1 Å². The van der Waals surface area contributed by atoms with Gasteiger partial charge in [0.05, 0.1) is 11.9 Å². The molecule has 0 aromatic carbocycles. The number of aromatic nitrogens is 1. The third-order valence-electron chi connectivity index (χ3n) is 1.48. The van der Waals surface area contributed by atoms with Gasteiger partial charge in [0.25, 0.3) is 0 Å². The summed E-state index contributed by atoms with van der Waals surface area (Å²) in [4.78, 5) is 3.88. The second kappa shape index (κ2) is 3.67. The molecule has 1 aromatic heterocycles. The molecule has 1 rings (SSSR count). The summed E-state index contributed by atoms with van der Waals surface area (Å²) < 4.78 is 15.6. The molecule has 0 fully saturated rings. The average molecular weight is 184 g/mol. The second-order valence-corrected chi connectivity index (χ2v) is 5.23. The topological polar surface area (TPSA) is 42.3 Å². The Bertz CT molecular complexity index is 353. The highest BCUT2D eigenvalue weighted by Gasteiger charge is 1.96. The van der Waals surface area contributed by atoms with Gasteiger partial charge >= 0.3 is 0 Å². The molecule has 1 aromatic rings. The molecule has 1 heterocycles. The van der Waals surface area contributed by atoms with E-state index < -0.39 is 9.73 Å². The Morgan fingerprint density at radius 3 is 2.92 bits per heavy atom. The van der Waals surface area contributed by atoms with Crippen LogP contribution in [0.1, 0.15) is 6.92 Å². The van der Waals surface area contributed by atoms with Gasteiger partial charge in [-0.15, -0.1) is 0 Å². The third kappa shape index (κ3) is 2.62. The first-order chi connectivity index (χ1) is 5.64. The van der Waals surface area contributed by atoms with Gasteiger partial charge in [0.15, 0.2) is 0 Å². The third-order valence-corrected chi connectivity index (χ3v) is 3.15. The fraction of sp³-hybridized carbons (Fsp3) is 0.375. The predicted octanol–water partition coefficient (Wildman–Crippen LogP) is 1.83. The number of hydrogen-bond acceptors (Lipinski definition) is 3. The molecular formula is C8H12N2OS. The number of pyridine rings is 1. The standard InChI is InChI=1S/C8H12N2OS/c1-3-12(2,11)10-8-5-4-6-9-7-8/h4-7H,3H2,1-2H3/t12-/m1/s1. The highest BCUT2D eigenvalue weighted by molar-refractivity contribution is 7.93. The van der Waals surface area contributed by atoms with Crippen molar-refractivity contribution in [2.75, 3.05) is 12.0 Å². The molecule has 0 saturated carbocycles. The quantitative estimate of drug-likeness (QED) is 0.703. The first kappa shape index (κ1) is 9.19. The molecule has 0 bridgehead atoms. The summed E-state index contributed by atoms with van der Waals surface area (Å²) in [7, 11) is -2.04. The maximum absolute atomic E-state index is 11.5. The van der Waals surface area contributed by atoms with Gasteiger partial charge in [-0.2, -0.15) is 4.36 Å². The van der Waals surface area contributed by atoms with E-state index in [2.05, 4.69) is 9.35 Å². The van der Waals surface area contributed by atoms with E-state index in [1.807, 2.05) is 6.92 Å². The molecule has 12 heavy (non-hydrogen) atoms. The zero-order valence-electron chi connectivity index (χ0n) is 7.23. The Morgan fingerprint density at radius 1 is 1.67 bits per heavy atom. The Balaban J connectivity index is 3.04. The van der Waals surface area contributed by atoms with Crippen molar-refractivity contribution in [3.8, 4) is 0 Å². The van der Waals surface area contributed by atoms with Crippen LogP contribution in [0.25, 0.3) is 0 Å². The summed E-state index contributed by atoms with van der Waals surface area (Å²) in [6.45, 7) is 1.86. The van der Waals surface area contributed by atoms with Crippen LogP contribution in [0.4, 0.5) is 5.69 Å². The molecule has 0 aliphatic rings. The molecule has 4 heteroatoms. The van der Waals surface area contributed by atoms with Crippen molar-refractivity contribution in [3.63, 3.8) is 0 Å². The zero-order chi connectivity index (χ0) is 9.03. The van der Waals surface area contributed by atoms with Crippen molar-refractivity contribution in [3.05, 3.63) is 24.5 Å². The maximum Gasteiger partial charge on any atom is 0.0913 e. The Hall–Kier alpha value is -0.900. The molecule has 0 radical (unpaired) electrons. The number of rotatable bonds is 2. The molecule has 3 nitrogen and oxygen atoms in total. The van der Waals surface area contributed by atoms with E-state index in [-0.39, 0.29) is 0 Å². The summed E-state index contributed by atoms with van der Waals surface area (Å²) in [5.74, 6) is 0.571. The van der Waals surface area contributed by atoms with Crippen molar-refractivity contribution < 1.29 is 4.21 Å². The van der Waals surface area contributed by atoms with Crippen LogP contribution in [0.2, 0.25) is 0 Å². The molecule has 0 N–H and O–H groups in total. The van der Waals surface area contributed by atoms with Gasteiger partial charge in [0.2, 0.25) is 0 Å². The van der Waals surface area contributed by atoms with Crippen LogP contribution in [0.5, 0.6) is 0 Å². The van der Waals surface area contributed by atoms with Crippen LogP contribution in [-0.2, 0) is 9.73 Å². The van der Waals surface area contributed by atoms with Gasteiger partial charge in [0.1, 0.15) is 0 Å². The monoisotopic (exact) mass is 184 g/mol. The summed E-state index contributed by atoms with van der Waals surface area (Å²) >= 11 is 0. The minimum absolute atomic E-state index is 0.571. The van der Waals surface area contributed by atoms with Crippen LogP contribution in [0.3, 0.4) is 0 Å². The molecule has 0 aliphatic heterocycles. The normalized spacial score (nSPS) is 15.2. The van der Waals surface area contributed by atoms with E-state index in [9.17, 15) is 4.21 Å².